The van der Waals surface area contributed by atoms with Gasteiger partial charge in [-0.1, -0.05) is 0 Å². The topological polar surface area (TPSA) is 105 Å². The van der Waals surface area contributed by atoms with Gasteiger partial charge in [-0.25, -0.2) is 8.42 Å². The van der Waals surface area contributed by atoms with Gasteiger partial charge in [-0.15, -0.1) is 0 Å². The molecule has 0 saturated carbocycles. The first-order valence-corrected chi connectivity index (χ1v) is 10.8. The number of morpholine rings is 1. The molecule has 0 bridgehead atoms. The molecule has 10 heteroatoms. The van der Waals surface area contributed by atoms with Gasteiger partial charge in [0.15, 0.2) is 6.61 Å². The molecule has 152 valence electrons. The molecule has 2 saturated heterocycles. The third-order valence-corrected chi connectivity index (χ3v) is 7.14. The van der Waals surface area contributed by atoms with Crippen LogP contribution in [0.1, 0.15) is 12.8 Å². The Morgan fingerprint density at radius 3 is 2.75 bits per heavy atom. The number of hydrogen-bond acceptors (Lipinski definition) is 6. The van der Waals surface area contributed by atoms with Crippen molar-refractivity contribution in [3.8, 4) is 5.75 Å². The van der Waals surface area contributed by atoms with Crippen LogP contribution in [-0.2, 0) is 24.3 Å². The first-order valence-electron chi connectivity index (χ1n) is 9.38. The quantitative estimate of drug-likeness (QED) is 0.769. The van der Waals surface area contributed by atoms with Gasteiger partial charge in [0, 0.05) is 26.2 Å². The molecule has 4 rings (SSSR count). The Kier molecular flexibility index (Phi) is 5.26. The molecule has 0 unspecified atom stereocenters. The highest BCUT2D eigenvalue weighted by Gasteiger charge is 2.36. The van der Waals surface area contributed by atoms with E-state index in [1.165, 1.54) is 16.4 Å². The minimum absolute atomic E-state index is 0.00527. The van der Waals surface area contributed by atoms with Gasteiger partial charge in [0.25, 0.3) is 5.91 Å². The van der Waals surface area contributed by atoms with Crippen molar-refractivity contribution in [3.05, 3.63) is 18.2 Å². The Hall–Kier alpha value is -2.17. The van der Waals surface area contributed by atoms with Crippen LogP contribution < -0.4 is 10.1 Å². The second-order valence-electron chi connectivity index (χ2n) is 7.13. The third-order valence-electron chi connectivity index (χ3n) is 5.28. The number of amides is 2. The van der Waals surface area contributed by atoms with Gasteiger partial charge in [-0.2, -0.15) is 4.31 Å². The van der Waals surface area contributed by atoms with Crippen molar-refractivity contribution in [2.75, 3.05) is 51.3 Å². The van der Waals surface area contributed by atoms with Gasteiger partial charge in [-0.3, -0.25) is 9.59 Å². The summed E-state index contributed by atoms with van der Waals surface area (Å²) in [5.41, 5.74) is 0.343. The summed E-state index contributed by atoms with van der Waals surface area (Å²) in [6.07, 6.45) is 1.31. The molecule has 1 N–H and O–H groups in total. The first kappa shape index (κ1) is 19.2. The van der Waals surface area contributed by atoms with Crippen molar-refractivity contribution in [2.24, 2.45) is 5.92 Å². The summed E-state index contributed by atoms with van der Waals surface area (Å²) < 4.78 is 38.2. The van der Waals surface area contributed by atoms with Gasteiger partial charge < -0.3 is 19.7 Å². The molecule has 28 heavy (non-hydrogen) atoms. The number of sulfonamides is 1. The average molecular weight is 409 g/mol. The highest BCUT2D eigenvalue weighted by atomic mass is 32.2. The van der Waals surface area contributed by atoms with E-state index in [4.69, 9.17) is 9.47 Å². The number of rotatable bonds is 3. The fraction of sp³-hybridized carbons (Fsp3) is 0.556. The Balaban J connectivity index is 1.51. The molecule has 0 aliphatic carbocycles. The molecule has 0 aromatic heterocycles. The summed E-state index contributed by atoms with van der Waals surface area (Å²) in [5, 5.41) is 2.63. The van der Waals surface area contributed by atoms with Crippen molar-refractivity contribution < 1.29 is 27.5 Å². The number of hydrogen-bond donors (Lipinski definition) is 1. The normalized spacial score (nSPS) is 23.5. The largest absolute Gasteiger partial charge is 0.482 e. The van der Waals surface area contributed by atoms with Crippen molar-refractivity contribution >= 4 is 27.5 Å². The molecule has 1 aromatic carbocycles. The number of piperidine rings is 1. The minimum atomic E-state index is -3.78. The van der Waals surface area contributed by atoms with E-state index in [0.717, 1.165) is 0 Å². The van der Waals surface area contributed by atoms with Crippen LogP contribution >= 0.6 is 0 Å². The van der Waals surface area contributed by atoms with Gasteiger partial charge in [0.1, 0.15) is 5.75 Å². The van der Waals surface area contributed by atoms with Crippen molar-refractivity contribution in [1.82, 2.24) is 9.21 Å². The maximum absolute atomic E-state index is 13.1. The monoisotopic (exact) mass is 409 g/mol. The molecule has 3 aliphatic rings. The maximum Gasteiger partial charge on any atom is 0.262 e. The van der Waals surface area contributed by atoms with Crippen molar-refractivity contribution in [3.63, 3.8) is 0 Å². The zero-order chi connectivity index (χ0) is 19.7. The Morgan fingerprint density at radius 1 is 1.18 bits per heavy atom. The van der Waals surface area contributed by atoms with Crippen LogP contribution in [-0.4, -0.2) is 75.4 Å². The third kappa shape index (κ3) is 3.71. The Morgan fingerprint density at radius 2 is 1.96 bits per heavy atom. The van der Waals surface area contributed by atoms with Crippen LogP contribution in [0, 0.1) is 5.92 Å². The summed E-state index contributed by atoms with van der Waals surface area (Å²) in [6.45, 7) is 2.58. The summed E-state index contributed by atoms with van der Waals surface area (Å²) in [4.78, 5) is 26.1. The Bertz CT molecular complexity index is 881. The van der Waals surface area contributed by atoms with Crippen LogP contribution in [0.15, 0.2) is 23.1 Å². The van der Waals surface area contributed by atoms with Gasteiger partial charge in [0.2, 0.25) is 15.9 Å². The molecule has 3 heterocycles. The number of anilines is 1. The number of nitrogens with one attached hydrogen (secondary N) is 1. The average Bonchev–Trinajstić information content (AvgIpc) is 2.73. The second-order valence-corrected chi connectivity index (χ2v) is 9.07. The molecule has 2 amide bonds. The smallest absolute Gasteiger partial charge is 0.262 e. The number of nitrogens with zero attached hydrogens (tertiary/aromatic N) is 2. The van der Waals surface area contributed by atoms with E-state index < -0.39 is 10.0 Å². The minimum Gasteiger partial charge on any atom is -0.482 e. The molecular weight excluding hydrogens is 386 g/mol. The van der Waals surface area contributed by atoms with Crippen LogP contribution in [0.5, 0.6) is 5.75 Å². The lowest BCUT2D eigenvalue weighted by molar-refractivity contribution is -0.140. The molecule has 1 aromatic rings. The van der Waals surface area contributed by atoms with Crippen LogP contribution in [0.25, 0.3) is 0 Å². The Labute approximate surface area is 163 Å². The zero-order valence-corrected chi connectivity index (χ0v) is 16.2. The molecular formula is C18H23N3O6S. The molecule has 9 nitrogen and oxygen atoms in total. The number of carbonyl (C=O) groups is 2. The fourth-order valence-corrected chi connectivity index (χ4v) is 5.33. The van der Waals surface area contributed by atoms with Gasteiger partial charge in [0.05, 0.1) is 29.7 Å². The van der Waals surface area contributed by atoms with E-state index in [2.05, 4.69) is 5.32 Å². The SMILES string of the molecule is O=C1COc2ccc(S(=O)(=O)N3CCC[C@H](C(=O)N4CCOCC4)C3)cc2N1. The highest BCUT2D eigenvalue weighted by Crippen LogP contribution is 2.32. The van der Waals surface area contributed by atoms with Crippen LogP contribution in [0.3, 0.4) is 0 Å². The van der Waals surface area contributed by atoms with E-state index in [1.54, 1.807) is 11.0 Å². The highest BCUT2D eigenvalue weighted by molar-refractivity contribution is 7.89. The van der Waals surface area contributed by atoms with E-state index >= 15 is 0 Å². The number of fused-ring (bicyclic) bond motifs is 1. The standard InChI is InChI=1S/C18H23N3O6S/c22-17-12-27-16-4-3-14(10-15(16)19-17)28(24,25)21-5-1-2-13(11-21)18(23)20-6-8-26-9-7-20/h3-4,10,13H,1-2,5-9,11-12H2,(H,19,22)/t13-/m0/s1. The van der Waals surface area contributed by atoms with E-state index in [9.17, 15) is 18.0 Å². The van der Waals surface area contributed by atoms with E-state index in [-0.39, 0.29) is 35.8 Å². The number of ether oxygens (including phenoxy) is 2. The number of carbonyl (C=O) groups excluding carboxylic acids is 2. The molecule has 1 atom stereocenters. The van der Waals surface area contributed by atoms with Gasteiger partial charge >= 0.3 is 0 Å². The lowest BCUT2D eigenvalue weighted by Crippen LogP contribution is -2.49. The first-order chi connectivity index (χ1) is 13.4. The lowest BCUT2D eigenvalue weighted by atomic mass is 9.98. The van der Waals surface area contributed by atoms with E-state index in [1.807, 2.05) is 0 Å². The van der Waals surface area contributed by atoms with Crippen LogP contribution in [0.2, 0.25) is 0 Å². The van der Waals surface area contributed by atoms with Crippen LogP contribution in [0.4, 0.5) is 5.69 Å². The predicted molar refractivity (Wildman–Crippen MR) is 99.4 cm³/mol. The molecule has 3 aliphatic heterocycles. The fourth-order valence-electron chi connectivity index (χ4n) is 3.78. The summed E-state index contributed by atoms with van der Waals surface area (Å²) in [7, 11) is -3.78. The summed E-state index contributed by atoms with van der Waals surface area (Å²) >= 11 is 0. The number of benzene rings is 1. The molecule has 0 radical (unpaired) electrons. The van der Waals surface area contributed by atoms with Crippen molar-refractivity contribution in [2.45, 2.75) is 17.7 Å². The second kappa shape index (κ2) is 7.69. The summed E-state index contributed by atoms with van der Waals surface area (Å²) in [5.74, 6) is -0.231. The molecule has 0 spiro atoms. The van der Waals surface area contributed by atoms with E-state index in [0.29, 0.717) is 57.1 Å². The van der Waals surface area contributed by atoms with Crippen molar-refractivity contribution in [1.29, 1.82) is 0 Å². The molecule has 2 fully saturated rings. The van der Waals surface area contributed by atoms with Gasteiger partial charge in [-0.05, 0) is 31.0 Å². The summed E-state index contributed by atoms with van der Waals surface area (Å²) in [6, 6.07) is 4.43. The zero-order valence-electron chi connectivity index (χ0n) is 15.4. The maximum atomic E-state index is 13.1. The lowest BCUT2D eigenvalue weighted by Gasteiger charge is -2.35. The predicted octanol–water partition coefficient (Wildman–Crippen LogP) is 0.277.